The second kappa shape index (κ2) is 10.7. The van der Waals surface area contributed by atoms with E-state index in [1.807, 2.05) is 0 Å². The molecule has 1 aliphatic carbocycles. The van der Waals surface area contributed by atoms with Crippen molar-refractivity contribution in [1.82, 2.24) is 29.7 Å². The number of nitrogens with zero attached hydrogens (tertiary/aromatic N) is 5. The van der Waals surface area contributed by atoms with Gasteiger partial charge in [0.15, 0.2) is 5.82 Å². The summed E-state index contributed by atoms with van der Waals surface area (Å²) in [5.41, 5.74) is -3.98. The Kier molecular flexibility index (Phi) is 7.29. The number of anilines is 1. The maximum atomic E-state index is 14.9. The van der Waals surface area contributed by atoms with Crippen molar-refractivity contribution in [3.63, 3.8) is 0 Å². The molecule has 0 amide bonds. The average Bonchev–Trinajstić information content (AvgIpc) is 2.90. The zero-order chi connectivity index (χ0) is 28.6. The zero-order valence-electron chi connectivity index (χ0n) is 20.6. The molecule has 1 fully saturated rings. The highest BCUT2D eigenvalue weighted by molar-refractivity contribution is 5.82. The van der Waals surface area contributed by atoms with Crippen molar-refractivity contribution < 1.29 is 26.3 Å². The molecule has 0 radical (unpaired) electrons. The highest BCUT2D eigenvalue weighted by atomic mass is 19.4. The molecule has 0 aliphatic heterocycles. The lowest BCUT2D eigenvalue weighted by Gasteiger charge is -2.31. The molecule has 5 rings (SSSR count). The van der Waals surface area contributed by atoms with Gasteiger partial charge in [0, 0.05) is 25.0 Å². The van der Waals surface area contributed by atoms with Gasteiger partial charge in [0.25, 0.3) is 17.5 Å². The second-order valence-corrected chi connectivity index (χ2v) is 9.55. The second-order valence-electron chi connectivity index (χ2n) is 9.55. The Morgan fingerprint density at radius 2 is 1.82 bits per heavy atom. The van der Waals surface area contributed by atoms with E-state index in [0.29, 0.717) is 25.7 Å². The quantitative estimate of drug-likeness (QED) is 0.325. The largest absolute Gasteiger partial charge is 0.423 e. The van der Waals surface area contributed by atoms with Gasteiger partial charge in [0.1, 0.15) is 11.4 Å². The van der Waals surface area contributed by atoms with Gasteiger partial charge in [-0.05, 0) is 37.3 Å². The highest BCUT2D eigenvalue weighted by Gasteiger charge is 2.38. The van der Waals surface area contributed by atoms with Crippen LogP contribution in [0.5, 0.6) is 0 Å². The minimum absolute atomic E-state index is 0.0113. The SMILES string of the molecule is O=c1[nH]ncc(N[C@H]2CCC[C@@H](Cn3cnc4cc(-c5ncc(C(F)F)cn5)c(F)cc4c3=O)C2)c1C(F)(F)F. The predicted octanol–water partition coefficient (Wildman–Crippen LogP) is 4.70. The Labute approximate surface area is 221 Å². The van der Waals surface area contributed by atoms with E-state index in [2.05, 4.69) is 25.4 Å². The summed E-state index contributed by atoms with van der Waals surface area (Å²) in [4.78, 5) is 36.7. The summed E-state index contributed by atoms with van der Waals surface area (Å²) in [6.45, 7) is 0.196. The molecule has 40 heavy (non-hydrogen) atoms. The van der Waals surface area contributed by atoms with Crippen LogP contribution in [0.1, 0.15) is 43.2 Å². The molecule has 15 heteroatoms. The van der Waals surface area contributed by atoms with E-state index >= 15 is 0 Å². The number of nitrogens with one attached hydrogen (secondary N) is 2. The summed E-state index contributed by atoms with van der Waals surface area (Å²) in [6, 6.07) is 1.86. The summed E-state index contributed by atoms with van der Waals surface area (Å²) < 4.78 is 82.0. The van der Waals surface area contributed by atoms with Crippen LogP contribution in [0.25, 0.3) is 22.3 Å². The number of rotatable bonds is 6. The van der Waals surface area contributed by atoms with E-state index in [1.54, 1.807) is 5.10 Å². The first kappa shape index (κ1) is 27.3. The Bertz CT molecular complexity index is 1650. The standard InChI is InChI=1S/C25H21F6N7O2/c26-17-5-16-18(6-15(17)22-32-7-13(8-33-22)21(27)28)34-11-38(24(16)40)10-12-2-1-3-14(4-12)36-19-9-35-37-23(39)20(19)25(29,30)31/h5-9,11-12,14,21H,1-4,10H2,(H2,36,37,39)/t12-,14+/m1/s1. The summed E-state index contributed by atoms with van der Waals surface area (Å²) in [5.74, 6) is -1.08. The minimum Gasteiger partial charge on any atom is -0.380 e. The number of benzene rings is 1. The minimum atomic E-state index is -4.87. The smallest absolute Gasteiger partial charge is 0.380 e. The van der Waals surface area contributed by atoms with Crippen molar-refractivity contribution in [2.24, 2.45) is 5.92 Å². The number of aromatic nitrogens is 6. The molecule has 2 N–H and O–H groups in total. The molecule has 0 unspecified atom stereocenters. The molecule has 2 atom stereocenters. The third kappa shape index (κ3) is 5.53. The number of halogens is 6. The molecule has 3 heterocycles. The Morgan fingerprint density at radius 3 is 2.52 bits per heavy atom. The number of alkyl halides is 5. The van der Waals surface area contributed by atoms with Crippen LogP contribution in [0.2, 0.25) is 0 Å². The van der Waals surface area contributed by atoms with Crippen molar-refractivity contribution in [2.45, 2.75) is 50.9 Å². The van der Waals surface area contributed by atoms with E-state index in [9.17, 15) is 35.9 Å². The third-order valence-electron chi connectivity index (χ3n) is 6.81. The fraction of sp³-hybridized carbons (Fsp3) is 0.360. The van der Waals surface area contributed by atoms with Crippen LogP contribution in [0.4, 0.5) is 32.0 Å². The van der Waals surface area contributed by atoms with E-state index in [-0.39, 0.29) is 34.8 Å². The van der Waals surface area contributed by atoms with Crippen LogP contribution in [-0.4, -0.2) is 35.8 Å². The molecule has 0 bridgehead atoms. The number of hydrogen-bond donors (Lipinski definition) is 2. The van der Waals surface area contributed by atoms with E-state index in [0.717, 1.165) is 24.7 Å². The molecule has 0 saturated heterocycles. The van der Waals surface area contributed by atoms with Gasteiger partial charge in [-0.15, -0.1) is 0 Å². The maximum absolute atomic E-state index is 14.9. The number of fused-ring (bicyclic) bond motifs is 1. The van der Waals surface area contributed by atoms with Crippen LogP contribution in [0, 0.1) is 11.7 Å². The van der Waals surface area contributed by atoms with E-state index in [1.165, 1.54) is 17.0 Å². The number of H-pyrrole nitrogens is 1. The molecule has 3 aromatic heterocycles. The van der Waals surface area contributed by atoms with Crippen LogP contribution >= 0.6 is 0 Å². The van der Waals surface area contributed by atoms with Gasteiger partial charge in [-0.1, -0.05) is 6.42 Å². The van der Waals surface area contributed by atoms with Gasteiger partial charge in [-0.3, -0.25) is 14.2 Å². The molecule has 210 valence electrons. The number of hydrogen-bond acceptors (Lipinski definition) is 7. The van der Waals surface area contributed by atoms with Gasteiger partial charge >= 0.3 is 6.18 Å². The first-order valence-corrected chi connectivity index (χ1v) is 12.2. The monoisotopic (exact) mass is 565 g/mol. The summed E-state index contributed by atoms with van der Waals surface area (Å²) >= 11 is 0. The molecular weight excluding hydrogens is 544 g/mol. The van der Waals surface area contributed by atoms with Crippen molar-refractivity contribution in [3.05, 3.63) is 74.7 Å². The van der Waals surface area contributed by atoms with Crippen molar-refractivity contribution >= 4 is 16.6 Å². The molecule has 1 aliphatic rings. The third-order valence-corrected chi connectivity index (χ3v) is 6.81. The average molecular weight is 565 g/mol. The van der Waals surface area contributed by atoms with Crippen molar-refractivity contribution in [2.75, 3.05) is 5.32 Å². The summed E-state index contributed by atoms with van der Waals surface area (Å²) in [6.07, 6.45) is -1.31. The van der Waals surface area contributed by atoms with Gasteiger partial charge in [0.05, 0.1) is 40.2 Å². The van der Waals surface area contributed by atoms with Gasteiger partial charge in [-0.25, -0.2) is 33.2 Å². The van der Waals surface area contributed by atoms with E-state index in [4.69, 9.17) is 0 Å². The topological polar surface area (TPSA) is 118 Å². The Morgan fingerprint density at radius 1 is 1.07 bits per heavy atom. The van der Waals surface area contributed by atoms with Gasteiger partial charge < -0.3 is 5.32 Å². The maximum Gasteiger partial charge on any atom is 0.423 e. The fourth-order valence-electron chi connectivity index (χ4n) is 4.95. The lowest BCUT2D eigenvalue weighted by molar-refractivity contribution is -0.138. The lowest BCUT2D eigenvalue weighted by Crippen LogP contribution is -2.34. The fourth-order valence-corrected chi connectivity index (χ4v) is 4.95. The van der Waals surface area contributed by atoms with Crippen LogP contribution in [-0.2, 0) is 12.7 Å². The number of aromatic amines is 1. The summed E-state index contributed by atoms with van der Waals surface area (Å²) in [5, 5.41) is 8.05. The zero-order valence-corrected chi connectivity index (χ0v) is 20.6. The first-order valence-electron chi connectivity index (χ1n) is 12.2. The van der Waals surface area contributed by atoms with Crippen LogP contribution < -0.4 is 16.4 Å². The van der Waals surface area contributed by atoms with E-state index < -0.39 is 52.4 Å². The Balaban J connectivity index is 1.35. The molecular formula is C25H21F6N7O2. The molecule has 4 aromatic rings. The van der Waals surface area contributed by atoms with Crippen LogP contribution in [0.15, 0.2) is 46.6 Å². The highest BCUT2D eigenvalue weighted by Crippen LogP contribution is 2.34. The molecule has 0 spiro atoms. The van der Waals surface area contributed by atoms with Crippen LogP contribution in [0.3, 0.4) is 0 Å². The Hall–Kier alpha value is -4.30. The van der Waals surface area contributed by atoms with Crippen molar-refractivity contribution in [3.8, 4) is 11.4 Å². The van der Waals surface area contributed by atoms with Gasteiger partial charge in [0.2, 0.25) is 0 Å². The molecule has 1 saturated carbocycles. The van der Waals surface area contributed by atoms with Crippen molar-refractivity contribution in [1.29, 1.82) is 0 Å². The van der Waals surface area contributed by atoms with Gasteiger partial charge in [-0.2, -0.15) is 18.3 Å². The predicted molar refractivity (Wildman–Crippen MR) is 131 cm³/mol. The normalized spacial score (nSPS) is 17.9. The lowest BCUT2D eigenvalue weighted by atomic mass is 9.85. The molecule has 1 aromatic carbocycles. The molecule has 9 nitrogen and oxygen atoms in total. The first-order chi connectivity index (χ1) is 19.0. The summed E-state index contributed by atoms with van der Waals surface area (Å²) in [7, 11) is 0.